The lowest BCUT2D eigenvalue weighted by atomic mass is 10.1. The molecule has 0 aliphatic rings. The molecule has 0 aliphatic heterocycles. The summed E-state index contributed by atoms with van der Waals surface area (Å²) in [6, 6.07) is 2.39. The monoisotopic (exact) mass is 385 g/mol. The highest BCUT2D eigenvalue weighted by atomic mass is 19.1. The summed E-state index contributed by atoms with van der Waals surface area (Å²) in [5, 5.41) is 12.5. The predicted molar refractivity (Wildman–Crippen MR) is 93.8 cm³/mol. The number of benzene rings is 1. The molecule has 0 saturated carbocycles. The van der Waals surface area contributed by atoms with Gasteiger partial charge in [0.1, 0.15) is 11.7 Å². The lowest BCUT2D eigenvalue weighted by molar-refractivity contribution is -0.152. The van der Waals surface area contributed by atoms with Crippen molar-refractivity contribution in [3.8, 4) is 5.75 Å². The molecule has 0 amide bonds. The Bertz CT molecular complexity index is 691. The summed E-state index contributed by atoms with van der Waals surface area (Å²) < 4.78 is 29.4. The first-order valence-corrected chi connectivity index (χ1v) is 8.53. The average Bonchev–Trinajstić information content (AvgIpc) is 2.56. The molecule has 9 heteroatoms. The Morgan fingerprint density at radius 1 is 1.26 bits per heavy atom. The van der Waals surface area contributed by atoms with Gasteiger partial charge in [0.2, 0.25) is 0 Å². The van der Waals surface area contributed by atoms with Crippen molar-refractivity contribution in [1.82, 2.24) is 0 Å². The van der Waals surface area contributed by atoms with E-state index in [1.165, 1.54) is 13.0 Å². The minimum absolute atomic E-state index is 0.0131. The summed E-state index contributed by atoms with van der Waals surface area (Å²) in [5.74, 6) is -3.90. The number of aliphatic hydroxyl groups excluding tert-OH is 1. The molecule has 0 radical (unpaired) electrons. The van der Waals surface area contributed by atoms with Crippen LogP contribution in [0.25, 0.3) is 0 Å². The third-order valence-corrected chi connectivity index (χ3v) is 3.29. The lowest BCUT2D eigenvalue weighted by Crippen LogP contribution is -2.36. The first-order chi connectivity index (χ1) is 12.7. The fraction of sp³-hybridized carbons (Fsp3) is 0.500. The number of nitrogens with one attached hydrogen (secondary N) is 1. The van der Waals surface area contributed by atoms with Crippen molar-refractivity contribution >= 4 is 23.6 Å². The smallest absolute Gasteiger partial charge is 0.343 e. The minimum atomic E-state index is -1.23. The van der Waals surface area contributed by atoms with Gasteiger partial charge in [-0.1, -0.05) is 6.92 Å². The fourth-order valence-corrected chi connectivity index (χ4v) is 2.12. The van der Waals surface area contributed by atoms with E-state index in [2.05, 4.69) is 5.32 Å². The molecule has 1 aromatic carbocycles. The van der Waals surface area contributed by atoms with Gasteiger partial charge in [-0.3, -0.25) is 9.59 Å². The Morgan fingerprint density at radius 2 is 1.93 bits per heavy atom. The maximum Gasteiger partial charge on any atom is 0.343 e. The highest BCUT2D eigenvalue weighted by Crippen LogP contribution is 2.29. The van der Waals surface area contributed by atoms with Gasteiger partial charge < -0.3 is 24.6 Å². The third-order valence-electron chi connectivity index (χ3n) is 3.29. The zero-order valence-electron chi connectivity index (χ0n) is 15.7. The number of rotatable bonds is 9. The zero-order valence-corrected chi connectivity index (χ0v) is 15.7. The Kier molecular flexibility index (Phi) is 8.67. The molecule has 27 heavy (non-hydrogen) atoms. The van der Waals surface area contributed by atoms with Crippen molar-refractivity contribution in [3.63, 3.8) is 0 Å². The van der Waals surface area contributed by atoms with E-state index < -0.39 is 47.4 Å². The van der Waals surface area contributed by atoms with Crippen LogP contribution in [0.15, 0.2) is 12.1 Å². The molecule has 1 rings (SSSR count). The van der Waals surface area contributed by atoms with Crippen LogP contribution in [0, 0.1) is 5.82 Å². The van der Waals surface area contributed by atoms with Gasteiger partial charge in [0.25, 0.3) is 0 Å². The second-order valence-corrected chi connectivity index (χ2v) is 5.66. The van der Waals surface area contributed by atoms with Gasteiger partial charge in [-0.05, 0) is 32.4 Å². The SMILES string of the molecule is CCCC(=O)O[C@@H](Nc1ccc(OC(C)=O)c(F)c1C(=O)OCC)[C@@H](C)O. The van der Waals surface area contributed by atoms with E-state index in [4.69, 9.17) is 14.2 Å². The van der Waals surface area contributed by atoms with E-state index in [0.717, 1.165) is 13.0 Å². The molecule has 150 valence electrons. The van der Waals surface area contributed by atoms with Crippen LogP contribution in [-0.2, 0) is 19.1 Å². The van der Waals surface area contributed by atoms with Crippen molar-refractivity contribution in [1.29, 1.82) is 0 Å². The van der Waals surface area contributed by atoms with Crippen LogP contribution in [0.1, 0.15) is 50.9 Å². The maximum atomic E-state index is 14.7. The Hall–Kier alpha value is -2.68. The maximum absolute atomic E-state index is 14.7. The van der Waals surface area contributed by atoms with Gasteiger partial charge in [0.05, 0.1) is 12.3 Å². The van der Waals surface area contributed by atoms with Crippen LogP contribution in [0.3, 0.4) is 0 Å². The number of esters is 3. The van der Waals surface area contributed by atoms with Gasteiger partial charge in [0.15, 0.2) is 17.8 Å². The summed E-state index contributed by atoms with van der Waals surface area (Å²) in [7, 11) is 0. The zero-order chi connectivity index (χ0) is 20.6. The minimum Gasteiger partial charge on any atom is -0.462 e. The van der Waals surface area contributed by atoms with Crippen molar-refractivity contribution in [2.45, 2.75) is 52.9 Å². The molecule has 1 aromatic rings. The number of carbonyl (C=O) groups is 3. The van der Waals surface area contributed by atoms with Gasteiger partial charge in [0, 0.05) is 13.3 Å². The van der Waals surface area contributed by atoms with Crippen LogP contribution < -0.4 is 10.1 Å². The summed E-state index contributed by atoms with van der Waals surface area (Å²) >= 11 is 0. The van der Waals surface area contributed by atoms with E-state index in [9.17, 15) is 23.9 Å². The van der Waals surface area contributed by atoms with Gasteiger partial charge in [-0.25, -0.2) is 9.18 Å². The molecular formula is C18H24FNO7. The number of hydrogen-bond donors (Lipinski definition) is 2. The molecule has 0 aliphatic carbocycles. The molecular weight excluding hydrogens is 361 g/mol. The summed E-state index contributed by atoms with van der Waals surface area (Å²) in [6.45, 7) is 5.77. The fourth-order valence-electron chi connectivity index (χ4n) is 2.12. The van der Waals surface area contributed by atoms with Crippen molar-refractivity contribution in [3.05, 3.63) is 23.5 Å². The average molecular weight is 385 g/mol. The summed E-state index contributed by atoms with van der Waals surface area (Å²) in [5.41, 5.74) is -0.621. The van der Waals surface area contributed by atoms with Crippen LogP contribution in [0.4, 0.5) is 10.1 Å². The van der Waals surface area contributed by atoms with Crippen LogP contribution in [-0.4, -0.2) is 42.0 Å². The molecule has 0 aromatic heterocycles. The Morgan fingerprint density at radius 3 is 2.44 bits per heavy atom. The molecule has 0 heterocycles. The number of carbonyl (C=O) groups excluding carboxylic acids is 3. The normalized spacial score (nSPS) is 12.7. The van der Waals surface area contributed by atoms with E-state index in [1.54, 1.807) is 13.8 Å². The van der Waals surface area contributed by atoms with Gasteiger partial charge in [-0.15, -0.1) is 0 Å². The predicted octanol–water partition coefficient (Wildman–Crippen LogP) is 2.39. The molecule has 0 fully saturated rings. The largest absolute Gasteiger partial charge is 0.462 e. The number of anilines is 1. The molecule has 0 saturated heterocycles. The Labute approximate surface area is 156 Å². The van der Waals surface area contributed by atoms with Crippen LogP contribution in [0.5, 0.6) is 5.75 Å². The van der Waals surface area contributed by atoms with E-state index in [0.29, 0.717) is 6.42 Å². The van der Waals surface area contributed by atoms with Crippen molar-refractivity contribution in [2.75, 3.05) is 11.9 Å². The molecule has 8 nitrogen and oxygen atoms in total. The highest BCUT2D eigenvalue weighted by molar-refractivity contribution is 5.97. The second-order valence-electron chi connectivity index (χ2n) is 5.66. The quantitative estimate of drug-likeness (QED) is 0.379. The van der Waals surface area contributed by atoms with Crippen LogP contribution >= 0.6 is 0 Å². The third kappa shape index (κ3) is 6.52. The molecule has 0 unspecified atom stereocenters. The summed E-state index contributed by atoms with van der Waals surface area (Å²) in [6.07, 6.45) is -1.70. The van der Waals surface area contributed by atoms with E-state index in [1.807, 2.05) is 0 Å². The van der Waals surface area contributed by atoms with Crippen LogP contribution in [0.2, 0.25) is 0 Å². The lowest BCUT2D eigenvalue weighted by Gasteiger charge is -2.24. The molecule has 2 N–H and O–H groups in total. The van der Waals surface area contributed by atoms with Crippen molar-refractivity contribution in [2.24, 2.45) is 0 Å². The number of aliphatic hydroxyl groups is 1. The topological polar surface area (TPSA) is 111 Å². The first kappa shape index (κ1) is 22.4. The van der Waals surface area contributed by atoms with Gasteiger partial charge in [-0.2, -0.15) is 0 Å². The first-order valence-electron chi connectivity index (χ1n) is 8.53. The molecule has 2 atom stereocenters. The number of hydrogen-bond acceptors (Lipinski definition) is 8. The van der Waals surface area contributed by atoms with Gasteiger partial charge >= 0.3 is 17.9 Å². The number of halogens is 1. The Balaban J connectivity index is 3.26. The second kappa shape index (κ2) is 10.5. The standard InChI is InChI=1S/C18H24FNO7/c1-5-7-14(23)27-17(10(3)21)20-12-8-9-13(26-11(4)22)16(19)15(12)18(24)25-6-2/h8-10,17,20-21H,5-7H2,1-4H3/t10-,17-/m1/s1. The molecule has 0 spiro atoms. The van der Waals surface area contributed by atoms with Crippen molar-refractivity contribution < 1.29 is 38.1 Å². The van der Waals surface area contributed by atoms with E-state index >= 15 is 0 Å². The van der Waals surface area contributed by atoms with E-state index in [-0.39, 0.29) is 18.7 Å². The highest BCUT2D eigenvalue weighted by Gasteiger charge is 2.27. The number of ether oxygens (including phenoxy) is 3. The molecule has 0 bridgehead atoms. The summed E-state index contributed by atoms with van der Waals surface area (Å²) in [4.78, 5) is 35.0.